The van der Waals surface area contributed by atoms with Crippen molar-refractivity contribution in [3.8, 4) is 0 Å². The van der Waals surface area contributed by atoms with Gasteiger partial charge in [0.05, 0.1) is 0 Å². The van der Waals surface area contributed by atoms with Gasteiger partial charge in [0.25, 0.3) is 0 Å². The molecule has 0 amide bonds. The second-order valence-electron chi connectivity index (χ2n) is 5.44. The van der Waals surface area contributed by atoms with Crippen LogP contribution in [-0.4, -0.2) is 18.2 Å². The largest absolute Gasteiger partial charge is 0.384 e. The summed E-state index contributed by atoms with van der Waals surface area (Å²) in [6, 6.07) is 8.23. The van der Waals surface area contributed by atoms with Crippen molar-refractivity contribution < 1.29 is 5.11 Å². The number of thiophene rings is 1. The van der Waals surface area contributed by atoms with Crippen LogP contribution >= 0.6 is 11.3 Å². The molecule has 0 aliphatic heterocycles. The van der Waals surface area contributed by atoms with Crippen LogP contribution in [0.1, 0.15) is 26.3 Å². The number of fused-ring (bicyclic) bond motifs is 1. The van der Waals surface area contributed by atoms with Crippen LogP contribution in [0.5, 0.6) is 0 Å². The Morgan fingerprint density at radius 2 is 2.11 bits per heavy atom. The van der Waals surface area contributed by atoms with Crippen molar-refractivity contribution in [3.63, 3.8) is 0 Å². The fourth-order valence-electron chi connectivity index (χ4n) is 2.12. The highest BCUT2D eigenvalue weighted by Crippen LogP contribution is 2.31. The lowest BCUT2D eigenvalue weighted by molar-refractivity contribution is 0.0581. The maximum Gasteiger partial charge on any atom is 0.101 e. The Morgan fingerprint density at radius 3 is 2.83 bits per heavy atom. The highest BCUT2D eigenvalue weighted by atomic mass is 32.1. The van der Waals surface area contributed by atoms with Gasteiger partial charge in [0, 0.05) is 16.8 Å². The first-order valence-corrected chi connectivity index (χ1v) is 7.28. The van der Waals surface area contributed by atoms with Crippen LogP contribution in [0.4, 0.5) is 0 Å². The molecule has 0 aliphatic carbocycles. The van der Waals surface area contributed by atoms with E-state index in [9.17, 15) is 5.11 Å². The molecule has 2 aromatic rings. The Labute approximate surface area is 113 Å². The van der Waals surface area contributed by atoms with Crippen molar-refractivity contribution >= 4 is 21.4 Å². The molecule has 2 rings (SSSR count). The minimum absolute atomic E-state index is 0.586. The second kappa shape index (κ2) is 5.39. The fourth-order valence-corrected chi connectivity index (χ4v) is 3.15. The van der Waals surface area contributed by atoms with Gasteiger partial charge in [0.1, 0.15) is 5.60 Å². The van der Waals surface area contributed by atoms with Gasteiger partial charge < -0.3 is 10.4 Å². The monoisotopic (exact) mass is 263 g/mol. The van der Waals surface area contributed by atoms with E-state index in [1.165, 1.54) is 10.1 Å². The smallest absolute Gasteiger partial charge is 0.101 e. The molecule has 1 heterocycles. The molecule has 0 spiro atoms. The minimum atomic E-state index is -0.820. The number of rotatable bonds is 5. The highest BCUT2D eigenvalue weighted by molar-refractivity contribution is 7.17. The summed E-state index contributed by atoms with van der Waals surface area (Å²) >= 11 is 1.69. The third kappa shape index (κ3) is 2.91. The van der Waals surface area contributed by atoms with Crippen molar-refractivity contribution in [2.24, 2.45) is 5.92 Å². The van der Waals surface area contributed by atoms with Crippen LogP contribution in [0.25, 0.3) is 10.1 Å². The molecule has 0 bridgehead atoms. The molecule has 1 unspecified atom stereocenters. The molecule has 98 valence electrons. The van der Waals surface area contributed by atoms with Gasteiger partial charge in [-0.05, 0) is 36.2 Å². The SMILES string of the molecule is CC(C)CNCC(C)(O)c1cccc2ccsc12. The number of hydrogen-bond donors (Lipinski definition) is 2. The molecular weight excluding hydrogens is 242 g/mol. The van der Waals surface area contributed by atoms with E-state index in [2.05, 4.69) is 36.7 Å². The van der Waals surface area contributed by atoms with E-state index < -0.39 is 5.60 Å². The zero-order valence-corrected chi connectivity index (χ0v) is 12.1. The zero-order valence-electron chi connectivity index (χ0n) is 11.2. The Kier molecular flexibility index (Phi) is 4.05. The van der Waals surface area contributed by atoms with Crippen molar-refractivity contribution in [1.82, 2.24) is 5.32 Å². The normalized spacial score (nSPS) is 15.2. The lowest BCUT2D eigenvalue weighted by Gasteiger charge is -2.25. The molecule has 2 N–H and O–H groups in total. The van der Waals surface area contributed by atoms with Gasteiger partial charge in [-0.15, -0.1) is 11.3 Å². The van der Waals surface area contributed by atoms with Gasteiger partial charge in [-0.1, -0.05) is 32.0 Å². The van der Waals surface area contributed by atoms with Crippen molar-refractivity contribution in [2.75, 3.05) is 13.1 Å². The predicted molar refractivity (Wildman–Crippen MR) is 79.1 cm³/mol. The quantitative estimate of drug-likeness (QED) is 0.867. The summed E-state index contributed by atoms with van der Waals surface area (Å²) in [7, 11) is 0. The Morgan fingerprint density at radius 1 is 1.33 bits per heavy atom. The third-order valence-corrected chi connectivity index (χ3v) is 4.04. The molecule has 1 atom stereocenters. The van der Waals surface area contributed by atoms with Crippen LogP contribution in [-0.2, 0) is 5.60 Å². The molecule has 0 saturated heterocycles. The van der Waals surface area contributed by atoms with E-state index in [-0.39, 0.29) is 0 Å². The lowest BCUT2D eigenvalue weighted by atomic mass is 9.95. The van der Waals surface area contributed by atoms with Gasteiger partial charge in [0.2, 0.25) is 0 Å². The van der Waals surface area contributed by atoms with Crippen LogP contribution in [0.15, 0.2) is 29.6 Å². The molecular formula is C15H21NOS. The Bertz CT molecular complexity index is 516. The number of benzene rings is 1. The topological polar surface area (TPSA) is 32.3 Å². The van der Waals surface area contributed by atoms with E-state index in [0.717, 1.165) is 12.1 Å². The molecule has 0 fully saturated rings. The lowest BCUT2D eigenvalue weighted by Crippen LogP contribution is -2.37. The molecule has 3 heteroatoms. The number of hydrogen-bond acceptors (Lipinski definition) is 3. The molecule has 1 aromatic carbocycles. The second-order valence-corrected chi connectivity index (χ2v) is 6.36. The summed E-state index contributed by atoms with van der Waals surface area (Å²) in [4.78, 5) is 0. The summed E-state index contributed by atoms with van der Waals surface area (Å²) in [5.74, 6) is 0.596. The molecule has 2 nitrogen and oxygen atoms in total. The van der Waals surface area contributed by atoms with E-state index in [1.54, 1.807) is 11.3 Å². The maximum absolute atomic E-state index is 10.7. The first-order chi connectivity index (χ1) is 8.50. The molecule has 18 heavy (non-hydrogen) atoms. The summed E-state index contributed by atoms with van der Waals surface area (Å²) in [5.41, 5.74) is 0.199. The summed E-state index contributed by atoms with van der Waals surface area (Å²) in [6.45, 7) is 7.73. The fraction of sp³-hybridized carbons (Fsp3) is 0.467. The Hall–Kier alpha value is -0.900. The van der Waals surface area contributed by atoms with Crippen molar-refractivity contribution in [1.29, 1.82) is 0 Å². The van der Waals surface area contributed by atoms with Gasteiger partial charge in [-0.25, -0.2) is 0 Å². The standard InChI is InChI=1S/C15H21NOS/c1-11(2)9-16-10-15(3,17)13-6-4-5-12-7-8-18-14(12)13/h4-8,11,16-17H,9-10H2,1-3H3. The van der Waals surface area contributed by atoms with Gasteiger partial charge in [-0.2, -0.15) is 0 Å². The third-order valence-electron chi connectivity index (χ3n) is 3.08. The summed E-state index contributed by atoms with van der Waals surface area (Å²) in [6.07, 6.45) is 0. The van der Waals surface area contributed by atoms with E-state index >= 15 is 0 Å². The van der Waals surface area contributed by atoms with Crippen LogP contribution in [0, 0.1) is 5.92 Å². The average Bonchev–Trinajstić information content (AvgIpc) is 2.75. The van der Waals surface area contributed by atoms with Crippen molar-refractivity contribution in [3.05, 3.63) is 35.2 Å². The first-order valence-electron chi connectivity index (χ1n) is 6.40. The minimum Gasteiger partial charge on any atom is -0.384 e. The van der Waals surface area contributed by atoms with Crippen molar-refractivity contribution in [2.45, 2.75) is 26.4 Å². The summed E-state index contributed by atoms with van der Waals surface area (Å²) in [5, 5.41) is 17.3. The van der Waals surface area contributed by atoms with Gasteiger partial charge in [0.15, 0.2) is 0 Å². The van der Waals surface area contributed by atoms with Crippen LogP contribution in [0.3, 0.4) is 0 Å². The number of nitrogens with one attached hydrogen (secondary N) is 1. The highest BCUT2D eigenvalue weighted by Gasteiger charge is 2.25. The van der Waals surface area contributed by atoms with Gasteiger partial charge in [-0.3, -0.25) is 0 Å². The van der Waals surface area contributed by atoms with Crippen LogP contribution in [0.2, 0.25) is 0 Å². The zero-order chi connectivity index (χ0) is 13.2. The molecule has 0 radical (unpaired) electrons. The summed E-state index contributed by atoms with van der Waals surface area (Å²) < 4.78 is 1.19. The predicted octanol–water partition coefficient (Wildman–Crippen LogP) is 3.35. The van der Waals surface area contributed by atoms with Crippen LogP contribution < -0.4 is 5.32 Å². The maximum atomic E-state index is 10.7. The van der Waals surface area contributed by atoms with E-state index in [1.807, 2.05) is 19.1 Å². The van der Waals surface area contributed by atoms with Gasteiger partial charge >= 0.3 is 0 Å². The first kappa shape index (κ1) is 13.5. The average molecular weight is 263 g/mol. The Balaban J connectivity index is 2.20. The van der Waals surface area contributed by atoms with E-state index in [4.69, 9.17) is 0 Å². The molecule has 0 aliphatic rings. The number of aliphatic hydroxyl groups is 1. The molecule has 0 saturated carbocycles. The van der Waals surface area contributed by atoms with E-state index in [0.29, 0.717) is 12.5 Å². The molecule has 1 aromatic heterocycles.